The summed E-state index contributed by atoms with van der Waals surface area (Å²) in [4.78, 5) is 0. The fourth-order valence-corrected chi connectivity index (χ4v) is 1.03. The topological polar surface area (TPSA) is 44.5 Å². The van der Waals surface area contributed by atoms with Gasteiger partial charge >= 0.3 is 0 Å². The molecule has 1 aromatic rings. The molecule has 0 spiro atoms. The maximum Gasteiger partial charge on any atom is 0.168 e. The molecule has 1 aromatic carbocycles. The summed E-state index contributed by atoms with van der Waals surface area (Å²) in [5.41, 5.74) is 6.49. The molecule has 0 aliphatic rings. The quantitative estimate of drug-likeness (QED) is 0.715. The third kappa shape index (κ3) is 2.23. The molecule has 1 rings (SSSR count). The van der Waals surface area contributed by atoms with E-state index in [4.69, 9.17) is 15.2 Å². The summed E-state index contributed by atoms with van der Waals surface area (Å²) < 4.78 is 10.2. The third-order valence-electron chi connectivity index (χ3n) is 1.67. The highest BCUT2D eigenvalue weighted by Crippen LogP contribution is 2.27. The van der Waals surface area contributed by atoms with Gasteiger partial charge in [-0.2, -0.15) is 0 Å². The number of nitrogens with two attached hydrogens (primary N) is 1. The van der Waals surface area contributed by atoms with Crippen molar-refractivity contribution in [2.45, 2.75) is 6.54 Å². The maximum absolute atomic E-state index is 5.48. The molecule has 3 heteroatoms. The third-order valence-corrected chi connectivity index (χ3v) is 1.67. The van der Waals surface area contributed by atoms with Gasteiger partial charge in [0.25, 0.3) is 0 Å². The van der Waals surface area contributed by atoms with Gasteiger partial charge < -0.3 is 15.2 Å². The first-order chi connectivity index (χ1) is 6.31. The van der Waals surface area contributed by atoms with Gasteiger partial charge in [-0.25, -0.2) is 0 Å². The Labute approximate surface area is 77.8 Å². The van der Waals surface area contributed by atoms with Gasteiger partial charge in [-0.05, 0) is 17.7 Å². The van der Waals surface area contributed by atoms with Crippen LogP contribution in [0.25, 0.3) is 0 Å². The van der Waals surface area contributed by atoms with Gasteiger partial charge in [-0.15, -0.1) is 0 Å². The molecule has 0 radical (unpaired) electrons. The minimum Gasteiger partial charge on any atom is -0.493 e. The van der Waals surface area contributed by atoms with E-state index in [2.05, 4.69) is 6.58 Å². The van der Waals surface area contributed by atoms with Gasteiger partial charge in [0.05, 0.1) is 13.4 Å². The first-order valence-electron chi connectivity index (χ1n) is 3.96. The number of ether oxygens (including phenoxy) is 2. The highest BCUT2D eigenvalue weighted by Gasteiger charge is 2.03. The first kappa shape index (κ1) is 9.61. The molecule has 0 saturated heterocycles. The van der Waals surface area contributed by atoms with Crippen molar-refractivity contribution in [1.82, 2.24) is 0 Å². The van der Waals surface area contributed by atoms with Crippen LogP contribution in [0.2, 0.25) is 0 Å². The molecule has 0 saturated carbocycles. The smallest absolute Gasteiger partial charge is 0.168 e. The van der Waals surface area contributed by atoms with Crippen molar-refractivity contribution in [2.24, 2.45) is 5.73 Å². The van der Waals surface area contributed by atoms with Crippen molar-refractivity contribution < 1.29 is 9.47 Å². The van der Waals surface area contributed by atoms with Crippen LogP contribution in [0, 0.1) is 0 Å². The summed E-state index contributed by atoms with van der Waals surface area (Å²) in [5, 5.41) is 0. The van der Waals surface area contributed by atoms with Crippen LogP contribution in [-0.4, -0.2) is 7.11 Å². The fourth-order valence-electron chi connectivity index (χ4n) is 1.03. The van der Waals surface area contributed by atoms with Crippen LogP contribution in [0.15, 0.2) is 31.0 Å². The van der Waals surface area contributed by atoms with Crippen molar-refractivity contribution in [3.8, 4) is 11.5 Å². The molecule has 0 fully saturated rings. The van der Waals surface area contributed by atoms with Crippen molar-refractivity contribution in [1.29, 1.82) is 0 Å². The van der Waals surface area contributed by atoms with Gasteiger partial charge in [-0.1, -0.05) is 12.6 Å². The second kappa shape index (κ2) is 4.52. The Kier molecular flexibility index (Phi) is 3.34. The Hall–Kier alpha value is -1.48. The van der Waals surface area contributed by atoms with Crippen LogP contribution < -0.4 is 15.2 Å². The van der Waals surface area contributed by atoms with E-state index in [1.54, 1.807) is 7.11 Å². The Morgan fingerprint density at radius 3 is 2.77 bits per heavy atom. The molecule has 2 N–H and O–H groups in total. The van der Waals surface area contributed by atoms with Crippen molar-refractivity contribution >= 4 is 0 Å². The molecule has 0 heterocycles. The molecule has 0 atom stereocenters. The van der Waals surface area contributed by atoms with Crippen molar-refractivity contribution in [3.63, 3.8) is 0 Å². The lowest BCUT2D eigenvalue weighted by molar-refractivity contribution is 0.378. The number of methoxy groups -OCH3 is 1. The van der Waals surface area contributed by atoms with Gasteiger partial charge in [0.2, 0.25) is 0 Å². The summed E-state index contributed by atoms with van der Waals surface area (Å²) in [6.07, 6.45) is 1.36. The standard InChI is InChI=1S/C10H13NO2/c1-3-13-9-5-4-8(7-11)6-10(9)12-2/h3-6H,1,7,11H2,2H3. The second-order valence-corrected chi connectivity index (χ2v) is 2.47. The molecule has 0 amide bonds. The summed E-state index contributed by atoms with van der Waals surface area (Å²) in [7, 11) is 1.59. The van der Waals surface area contributed by atoms with E-state index in [9.17, 15) is 0 Å². The Balaban J connectivity index is 3.00. The Morgan fingerprint density at radius 1 is 1.46 bits per heavy atom. The van der Waals surface area contributed by atoms with E-state index in [-0.39, 0.29) is 0 Å². The SMILES string of the molecule is C=COc1ccc(CN)cc1OC. The zero-order valence-electron chi connectivity index (χ0n) is 7.62. The van der Waals surface area contributed by atoms with E-state index in [1.165, 1.54) is 6.26 Å². The lowest BCUT2D eigenvalue weighted by atomic mass is 10.2. The van der Waals surface area contributed by atoms with Gasteiger partial charge in [0.15, 0.2) is 11.5 Å². The highest BCUT2D eigenvalue weighted by atomic mass is 16.5. The first-order valence-corrected chi connectivity index (χ1v) is 3.96. The predicted octanol–water partition coefficient (Wildman–Crippen LogP) is 1.68. The van der Waals surface area contributed by atoms with Crippen LogP contribution in [0.1, 0.15) is 5.56 Å². The van der Waals surface area contributed by atoms with Crippen molar-refractivity contribution in [3.05, 3.63) is 36.6 Å². The molecule has 70 valence electrons. The number of hydrogen-bond acceptors (Lipinski definition) is 3. The normalized spacial score (nSPS) is 9.38. The number of hydrogen-bond donors (Lipinski definition) is 1. The van der Waals surface area contributed by atoms with Gasteiger partial charge in [0.1, 0.15) is 0 Å². The predicted molar refractivity (Wildman–Crippen MR) is 51.7 cm³/mol. The van der Waals surface area contributed by atoms with Crippen LogP contribution in [-0.2, 0) is 6.54 Å². The Morgan fingerprint density at radius 2 is 2.23 bits per heavy atom. The zero-order valence-corrected chi connectivity index (χ0v) is 7.62. The second-order valence-electron chi connectivity index (χ2n) is 2.47. The van der Waals surface area contributed by atoms with E-state index in [0.29, 0.717) is 18.0 Å². The average molecular weight is 179 g/mol. The number of rotatable bonds is 4. The fraction of sp³-hybridized carbons (Fsp3) is 0.200. The molecular weight excluding hydrogens is 166 g/mol. The minimum atomic E-state index is 0.491. The highest BCUT2D eigenvalue weighted by molar-refractivity contribution is 5.43. The molecule has 0 bridgehead atoms. The summed E-state index contributed by atoms with van der Waals surface area (Å²) >= 11 is 0. The molecule has 0 aliphatic heterocycles. The molecule has 3 nitrogen and oxygen atoms in total. The average Bonchev–Trinajstić information content (AvgIpc) is 2.19. The summed E-state index contributed by atoms with van der Waals surface area (Å²) in [6, 6.07) is 5.54. The van der Waals surface area contributed by atoms with Gasteiger partial charge in [-0.3, -0.25) is 0 Å². The lowest BCUT2D eigenvalue weighted by Crippen LogP contribution is -1.97. The maximum atomic E-state index is 5.48. The Bertz CT molecular complexity index is 297. The van der Waals surface area contributed by atoms with Crippen molar-refractivity contribution in [2.75, 3.05) is 7.11 Å². The van der Waals surface area contributed by atoms with E-state index in [1.807, 2.05) is 18.2 Å². The molecular formula is C10H13NO2. The van der Waals surface area contributed by atoms with E-state index in [0.717, 1.165) is 5.56 Å². The van der Waals surface area contributed by atoms with Gasteiger partial charge in [0, 0.05) is 6.54 Å². The monoisotopic (exact) mass is 179 g/mol. The molecule has 0 aromatic heterocycles. The van der Waals surface area contributed by atoms with Crippen LogP contribution in [0.5, 0.6) is 11.5 Å². The summed E-state index contributed by atoms with van der Waals surface area (Å²) in [6.45, 7) is 3.96. The van der Waals surface area contributed by atoms with Crippen LogP contribution in [0.3, 0.4) is 0 Å². The van der Waals surface area contributed by atoms with Crippen LogP contribution in [0.4, 0.5) is 0 Å². The van der Waals surface area contributed by atoms with Crippen LogP contribution >= 0.6 is 0 Å². The van der Waals surface area contributed by atoms with E-state index < -0.39 is 0 Å². The lowest BCUT2D eigenvalue weighted by Gasteiger charge is -2.08. The minimum absolute atomic E-state index is 0.491. The molecule has 0 unspecified atom stereocenters. The molecule has 0 aliphatic carbocycles. The zero-order chi connectivity index (χ0) is 9.68. The molecule has 13 heavy (non-hydrogen) atoms. The largest absolute Gasteiger partial charge is 0.493 e. The number of benzene rings is 1. The summed E-state index contributed by atoms with van der Waals surface area (Å²) in [5.74, 6) is 1.32. The van der Waals surface area contributed by atoms with E-state index >= 15 is 0 Å².